The lowest BCUT2D eigenvalue weighted by Gasteiger charge is -2.09. The molecule has 0 atom stereocenters. The number of carbonyl (C=O) groups is 2. The Hall–Kier alpha value is -3.40. The number of benzene rings is 3. The molecule has 3 aromatic rings. The zero-order valence-corrected chi connectivity index (χ0v) is 15.7. The van der Waals surface area contributed by atoms with E-state index in [-0.39, 0.29) is 11.8 Å². The fraction of sp³-hybridized carbons (Fsp3) is 0.130. The highest BCUT2D eigenvalue weighted by Gasteiger charge is 2.09. The van der Waals surface area contributed by atoms with Gasteiger partial charge in [0.1, 0.15) is 0 Å². The van der Waals surface area contributed by atoms with Crippen LogP contribution in [0.25, 0.3) is 0 Å². The maximum atomic E-state index is 12.4. The summed E-state index contributed by atoms with van der Waals surface area (Å²) < 4.78 is 0. The second kappa shape index (κ2) is 7.87. The van der Waals surface area contributed by atoms with Crippen molar-refractivity contribution < 1.29 is 9.59 Å². The Morgan fingerprint density at radius 2 is 1.19 bits per heavy atom. The van der Waals surface area contributed by atoms with Crippen molar-refractivity contribution in [3.05, 3.63) is 94.5 Å². The van der Waals surface area contributed by atoms with E-state index in [4.69, 9.17) is 0 Å². The third-order valence-electron chi connectivity index (χ3n) is 4.45. The third kappa shape index (κ3) is 4.61. The summed E-state index contributed by atoms with van der Waals surface area (Å²) in [6.45, 7) is 5.95. The third-order valence-corrected chi connectivity index (χ3v) is 4.45. The number of hydrogen-bond donors (Lipinski definition) is 2. The summed E-state index contributed by atoms with van der Waals surface area (Å²) in [7, 11) is 0. The molecule has 0 radical (unpaired) electrons. The lowest BCUT2D eigenvalue weighted by Crippen LogP contribution is -2.13. The average molecular weight is 358 g/mol. The Labute approximate surface area is 159 Å². The smallest absolute Gasteiger partial charge is 0.255 e. The van der Waals surface area contributed by atoms with Crippen LogP contribution >= 0.6 is 0 Å². The summed E-state index contributed by atoms with van der Waals surface area (Å²) in [6.07, 6.45) is 0. The fourth-order valence-corrected chi connectivity index (χ4v) is 2.71. The highest BCUT2D eigenvalue weighted by molar-refractivity contribution is 6.05. The Morgan fingerprint density at radius 3 is 1.70 bits per heavy atom. The molecule has 4 nitrogen and oxygen atoms in total. The molecule has 0 saturated carbocycles. The monoisotopic (exact) mass is 358 g/mol. The van der Waals surface area contributed by atoms with Crippen molar-refractivity contribution in [1.82, 2.24) is 0 Å². The SMILES string of the molecule is Cc1cccc(C(=O)Nc2ccc(NC(=O)c3ccc(C)c(C)c3)cc2)c1. The second-order valence-electron chi connectivity index (χ2n) is 6.65. The molecule has 0 heterocycles. The van der Waals surface area contributed by atoms with Crippen molar-refractivity contribution >= 4 is 23.2 Å². The Balaban J connectivity index is 1.65. The summed E-state index contributed by atoms with van der Waals surface area (Å²) in [5.41, 5.74) is 5.85. The van der Waals surface area contributed by atoms with Crippen LogP contribution in [0.1, 0.15) is 37.4 Å². The Morgan fingerprint density at radius 1 is 0.630 bits per heavy atom. The van der Waals surface area contributed by atoms with E-state index in [0.29, 0.717) is 22.5 Å². The molecule has 0 bridgehead atoms. The standard InChI is InChI=1S/C23H22N2O2/c1-15-5-4-6-18(13-15)22(26)24-20-9-11-21(12-10-20)25-23(27)19-8-7-16(2)17(3)14-19/h4-14H,1-3H3,(H,24,26)(H,25,27). The van der Waals surface area contributed by atoms with Gasteiger partial charge in [-0.1, -0.05) is 23.8 Å². The van der Waals surface area contributed by atoms with Gasteiger partial charge in [-0.2, -0.15) is 0 Å². The van der Waals surface area contributed by atoms with E-state index < -0.39 is 0 Å². The molecule has 136 valence electrons. The summed E-state index contributed by atoms with van der Waals surface area (Å²) in [4.78, 5) is 24.7. The molecule has 2 N–H and O–H groups in total. The molecule has 0 spiro atoms. The van der Waals surface area contributed by atoms with Crippen LogP contribution in [0.4, 0.5) is 11.4 Å². The molecule has 0 aromatic heterocycles. The van der Waals surface area contributed by atoms with Gasteiger partial charge in [0.25, 0.3) is 11.8 Å². The number of rotatable bonds is 4. The van der Waals surface area contributed by atoms with Crippen molar-refractivity contribution in [3.8, 4) is 0 Å². The van der Waals surface area contributed by atoms with E-state index in [1.807, 2.05) is 57.2 Å². The molecule has 0 aliphatic heterocycles. The molecule has 3 rings (SSSR count). The van der Waals surface area contributed by atoms with Gasteiger partial charge in [-0.05, 0) is 80.4 Å². The molecule has 0 unspecified atom stereocenters. The van der Waals surface area contributed by atoms with Gasteiger partial charge >= 0.3 is 0 Å². The molecule has 0 fully saturated rings. The normalized spacial score (nSPS) is 10.3. The minimum Gasteiger partial charge on any atom is -0.322 e. The fourth-order valence-electron chi connectivity index (χ4n) is 2.71. The molecule has 2 amide bonds. The number of hydrogen-bond acceptors (Lipinski definition) is 2. The van der Waals surface area contributed by atoms with Crippen LogP contribution in [0.2, 0.25) is 0 Å². The topological polar surface area (TPSA) is 58.2 Å². The van der Waals surface area contributed by atoms with Crippen molar-refractivity contribution in [2.45, 2.75) is 20.8 Å². The van der Waals surface area contributed by atoms with Crippen LogP contribution in [-0.4, -0.2) is 11.8 Å². The number of carbonyl (C=O) groups excluding carboxylic acids is 2. The van der Waals surface area contributed by atoms with Crippen LogP contribution in [0.5, 0.6) is 0 Å². The summed E-state index contributed by atoms with van der Waals surface area (Å²) in [6, 6.07) is 20.1. The number of aryl methyl sites for hydroxylation is 3. The van der Waals surface area contributed by atoms with E-state index in [0.717, 1.165) is 16.7 Å². The van der Waals surface area contributed by atoms with Gasteiger partial charge in [-0.25, -0.2) is 0 Å². The van der Waals surface area contributed by atoms with E-state index in [9.17, 15) is 9.59 Å². The Kier molecular flexibility index (Phi) is 5.36. The minimum atomic E-state index is -0.161. The van der Waals surface area contributed by atoms with Gasteiger partial charge in [-0.15, -0.1) is 0 Å². The van der Waals surface area contributed by atoms with Gasteiger partial charge in [0.2, 0.25) is 0 Å². The molecular formula is C23H22N2O2. The van der Waals surface area contributed by atoms with Crippen molar-refractivity contribution in [2.24, 2.45) is 0 Å². The first kappa shape index (κ1) is 18.4. The lowest BCUT2D eigenvalue weighted by molar-refractivity contribution is 0.101. The molecule has 3 aromatic carbocycles. The average Bonchev–Trinajstić information content (AvgIpc) is 2.65. The Bertz CT molecular complexity index is 992. The first-order chi connectivity index (χ1) is 12.9. The van der Waals surface area contributed by atoms with E-state index in [1.165, 1.54) is 0 Å². The van der Waals surface area contributed by atoms with Gasteiger partial charge in [-0.3, -0.25) is 9.59 Å². The molecular weight excluding hydrogens is 336 g/mol. The summed E-state index contributed by atoms with van der Waals surface area (Å²) >= 11 is 0. The van der Waals surface area contributed by atoms with Gasteiger partial charge in [0, 0.05) is 22.5 Å². The lowest BCUT2D eigenvalue weighted by atomic mass is 10.1. The van der Waals surface area contributed by atoms with Crippen molar-refractivity contribution in [1.29, 1.82) is 0 Å². The summed E-state index contributed by atoms with van der Waals surface area (Å²) in [5.74, 6) is -0.319. The van der Waals surface area contributed by atoms with Gasteiger partial charge in [0.15, 0.2) is 0 Å². The minimum absolute atomic E-state index is 0.158. The van der Waals surface area contributed by atoms with Gasteiger partial charge < -0.3 is 10.6 Å². The number of amides is 2. The highest BCUT2D eigenvalue weighted by atomic mass is 16.2. The van der Waals surface area contributed by atoms with Crippen LogP contribution in [-0.2, 0) is 0 Å². The van der Waals surface area contributed by atoms with Crippen LogP contribution < -0.4 is 10.6 Å². The second-order valence-corrected chi connectivity index (χ2v) is 6.65. The number of anilines is 2. The van der Waals surface area contributed by atoms with Gasteiger partial charge in [0.05, 0.1) is 0 Å². The van der Waals surface area contributed by atoms with Crippen molar-refractivity contribution in [3.63, 3.8) is 0 Å². The van der Waals surface area contributed by atoms with Crippen LogP contribution in [0.3, 0.4) is 0 Å². The van der Waals surface area contributed by atoms with Crippen LogP contribution in [0, 0.1) is 20.8 Å². The first-order valence-corrected chi connectivity index (χ1v) is 8.79. The summed E-state index contributed by atoms with van der Waals surface area (Å²) in [5, 5.41) is 5.73. The maximum Gasteiger partial charge on any atom is 0.255 e. The molecule has 4 heteroatoms. The largest absolute Gasteiger partial charge is 0.322 e. The quantitative estimate of drug-likeness (QED) is 0.680. The zero-order chi connectivity index (χ0) is 19.4. The predicted molar refractivity (Wildman–Crippen MR) is 109 cm³/mol. The zero-order valence-electron chi connectivity index (χ0n) is 15.7. The molecule has 0 aliphatic rings. The molecule has 0 aliphatic carbocycles. The van der Waals surface area contributed by atoms with E-state index >= 15 is 0 Å². The molecule has 0 saturated heterocycles. The molecule has 27 heavy (non-hydrogen) atoms. The number of nitrogens with one attached hydrogen (secondary N) is 2. The highest BCUT2D eigenvalue weighted by Crippen LogP contribution is 2.17. The predicted octanol–water partition coefficient (Wildman–Crippen LogP) is 5.12. The van der Waals surface area contributed by atoms with Crippen molar-refractivity contribution in [2.75, 3.05) is 10.6 Å². The maximum absolute atomic E-state index is 12.4. The van der Waals surface area contributed by atoms with E-state index in [1.54, 1.807) is 30.3 Å². The first-order valence-electron chi connectivity index (χ1n) is 8.79. The van der Waals surface area contributed by atoms with E-state index in [2.05, 4.69) is 10.6 Å². The van der Waals surface area contributed by atoms with Crippen LogP contribution in [0.15, 0.2) is 66.7 Å².